The van der Waals surface area contributed by atoms with Gasteiger partial charge in [-0.25, -0.2) is 4.39 Å². The van der Waals surface area contributed by atoms with Crippen LogP contribution in [0.1, 0.15) is 27.0 Å². The Bertz CT molecular complexity index is 882. The lowest BCUT2D eigenvalue weighted by Crippen LogP contribution is -2.34. The van der Waals surface area contributed by atoms with E-state index in [2.05, 4.69) is 5.32 Å². The number of halogens is 1. The summed E-state index contributed by atoms with van der Waals surface area (Å²) in [6, 6.07) is 11.4. The zero-order valence-electron chi connectivity index (χ0n) is 16.1. The SMILES string of the molecule is Cc1ccc(C(=O)NCC(=O)OCC(=O)N(C)Cc2ccccc2F)cc1C. The topological polar surface area (TPSA) is 75.7 Å². The number of amides is 2. The summed E-state index contributed by atoms with van der Waals surface area (Å²) in [4.78, 5) is 37.1. The number of nitrogens with one attached hydrogen (secondary N) is 1. The van der Waals surface area contributed by atoms with Crippen LogP contribution in [0, 0.1) is 19.7 Å². The molecule has 0 spiro atoms. The molecule has 6 nitrogen and oxygen atoms in total. The van der Waals surface area contributed by atoms with Gasteiger partial charge < -0.3 is 15.0 Å². The van der Waals surface area contributed by atoms with Gasteiger partial charge in [0.25, 0.3) is 11.8 Å². The van der Waals surface area contributed by atoms with E-state index in [1.165, 1.54) is 18.0 Å². The van der Waals surface area contributed by atoms with Gasteiger partial charge in [-0.15, -0.1) is 0 Å². The van der Waals surface area contributed by atoms with Crippen LogP contribution in [-0.4, -0.2) is 42.9 Å². The Morgan fingerprint density at radius 1 is 1.07 bits per heavy atom. The maximum absolute atomic E-state index is 13.6. The summed E-state index contributed by atoms with van der Waals surface area (Å²) in [5, 5.41) is 2.46. The molecule has 7 heteroatoms. The summed E-state index contributed by atoms with van der Waals surface area (Å²) >= 11 is 0. The van der Waals surface area contributed by atoms with Crippen LogP contribution in [0.4, 0.5) is 4.39 Å². The molecule has 0 aliphatic carbocycles. The number of ether oxygens (including phenoxy) is 1. The van der Waals surface area contributed by atoms with Crippen molar-refractivity contribution >= 4 is 17.8 Å². The first-order chi connectivity index (χ1) is 13.3. The predicted molar refractivity (Wildman–Crippen MR) is 102 cm³/mol. The first-order valence-corrected chi connectivity index (χ1v) is 8.76. The molecule has 0 unspecified atom stereocenters. The van der Waals surface area contributed by atoms with Gasteiger partial charge in [-0.1, -0.05) is 24.3 Å². The predicted octanol–water partition coefficient (Wildman–Crippen LogP) is 2.37. The van der Waals surface area contributed by atoms with E-state index >= 15 is 0 Å². The number of benzene rings is 2. The summed E-state index contributed by atoms with van der Waals surface area (Å²) in [5.74, 6) is -2.02. The second-order valence-electron chi connectivity index (χ2n) is 6.48. The third-order valence-corrected chi connectivity index (χ3v) is 4.31. The highest BCUT2D eigenvalue weighted by molar-refractivity contribution is 5.96. The van der Waals surface area contributed by atoms with Crippen molar-refractivity contribution in [2.45, 2.75) is 20.4 Å². The lowest BCUT2D eigenvalue weighted by atomic mass is 10.1. The Labute approximate surface area is 163 Å². The van der Waals surface area contributed by atoms with Crippen molar-refractivity contribution in [2.24, 2.45) is 0 Å². The van der Waals surface area contributed by atoms with Gasteiger partial charge in [0.05, 0.1) is 0 Å². The first-order valence-electron chi connectivity index (χ1n) is 8.76. The Balaban J connectivity index is 1.76. The van der Waals surface area contributed by atoms with E-state index in [1.807, 2.05) is 19.9 Å². The van der Waals surface area contributed by atoms with E-state index < -0.39 is 30.2 Å². The first kappa shape index (κ1) is 21.1. The van der Waals surface area contributed by atoms with E-state index in [9.17, 15) is 18.8 Å². The molecule has 0 aliphatic heterocycles. The Morgan fingerprint density at radius 2 is 1.79 bits per heavy atom. The van der Waals surface area contributed by atoms with Gasteiger partial charge in [0.15, 0.2) is 6.61 Å². The second kappa shape index (κ2) is 9.64. The molecule has 0 saturated carbocycles. The fourth-order valence-electron chi connectivity index (χ4n) is 2.41. The van der Waals surface area contributed by atoms with E-state index in [0.717, 1.165) is 11.1 Å². The number of rotatable bonds is 7. The van der Waals surface area contributed by atoms with E-state index in [0.29, 0.717) is 11.1 Å². The van der Waals surface area contributed by atoms with Gasteiger partial charge in [-0.2, -0.15) is 0 Å². The fourth-order valence-corrected chi connectivity index (χ4v) is 2.41. The largest absolute Gasteiger partial charge is 0.454 e. The van der Waals surface area contributed by atoms with Crippen molar-refractivity contribution in [3.63, 3.8) is 0 Å². The minimum absolute atomic E-state index is 0.0621. The van der Waals surface area contributed by atoms with Gasteiger partial charge >= 0.3 is 5.97 Å². The van der Waals surface area contributed by atoms with Gasteiger partial charge in [-0.3, -0.25) is 14.4 Å². The van der Waals surface area contributed by atoms with Crippen LogP contribution >= 0.6 is 0 Å². The number of carbonyl (C=O) groups excluding carboxylic acids is 3. The van der Waals surface area contributed by atoms with Gasteiger partial charge in [0.2, 0.25) is 0 Å². The zero-order chi connectivity index (χ0) is 20.7. The maximum Gasteiger partial charge on any atom is 0.325 e. The van der Waals surface area contributed by atoms with Crippen LogP contribution in [0.3, 0.4) is 0 Å². The monoisotopic (exact) mass is 386 g/mol. The smallest absolute Gasteiger partial charge is 0.325 e. The van der Waals surface area contributed by atoms with E-state index in [1.54, 1.807) is 30.3 Å². The van der Waals surface area contributed by atoms with Crippen molar-refractivity contribution < 1.29 is 23.5 Å². The molecule has 2 rings (SSSR count). The van der Waals surface area contributed by atoms with Crippen molar-refractivity contribution in [3.8, 4) is 0 Å². The molecular weight excluding hydrogens is 363 g/mol. The number of hydrogen-bond acceptors (Lipinski definition) is 4. The molecule has 0 heterocycles. The van der Waals surface area contributed by atoms with Crippen LogP contribution < -0.4 is 5.32 Å². The van der Waals surface area contributed by atoms with Crippen molar-refractivity contribution in [1.29, 1.82) is 0 Å². The number of esters is 1. The molecule has 28 heavy (non-hydrogen) atoms. The Kier molecular flexibility index (Phi) is 7.26. The quantitative estimate of drug-likeness (QED) is 0.742. The van der Waals surface area contributed by atoms with Crippen LogP contribution in [0.5, 0.6) is 0 Å². The van der Waals surface area contributed by atoms with E-state index in [-0.39, 0.29) is 13.1 Å². The zero-order valence-corrected chi connectivity index (χ0v) is 16.1. The standard InChI is InChI=1S/C21H23FN2O4/c1-14-8-9-16(10-15(14)2)21(27)23-11-20(26)28-13-19(25)24(3)12-17-6-4-5-7-18(17)22/h4-10H,11-13H2,1-3H3,(H,23,27). The molecule has 0 radical (unpaired) electrons. The third-order valence-electron chi connectivity index (χ3n) is 4.31. The average molecular weight is 386 g/mol. The van der Waals surface area contributed by atoms with Gasteiger partial charge in [-0.05, 0) is 43.2 Å². The lowest BCUT2D eigenvalue weighted by molar-refractivity contribution is -0.150. The number of aryl methyl sites for hydroxylation is 2. The molecule has 2 aromatic rings. The molecule has 148 valence electrons. The van der Waals surface area contributed by atoms with Crippen molar-refractivity contribution in [2.75, 3.05) is 20.2 Å². The van der Waals surface area contributed by atoms with Gasteiger partial charge in [0, 0.05) is 24.7 Å². The molecule has 0 aromatic heterocycles. The highest BCUT2D eigenvalue weighted by Crippen LogP contribution is 2.10. The highest BCUT2D eigenvalue weighted by atomic mass is 19.1. The number of carbonyl (C=O) groups is 3. The van der Waals surface area contributed by atoms with Crippen LogP contribution in [0.15, 0.2) is 42.5 Å². The number of hydrogen-bond donors (Lipinski definition) is 1. The van der Waals surface area contributed by atoms with Gasteiger partial charge in [0.1, 0.15) is 12.4 Å². The summed E-state index contributed by atoms with van der Waals surface area (Å²) in [6.45, 7) is 3.06. The van der Waals surface area contributed by atoms with E-state index in [4.69, 9.17) is 4.74 Å². The minimum Gasteiger partial charge on any atom is -0.454 e. The molecule has 0 atom stereocenters. The molecular formula is C21H23FN2O4. The van der Waals surface area contributed by atoms with Crippen molar-refractivity contribution in [1.82, 2.24) is 10.2 Å². The van der Waals surface area contributed by atoms with Crippen LogP contribution in [-0.2, 0) is 20.9 Å². The van der Waals surface area contributed by atoms with Crippen LogP contribution in [0.25, 0.3) is 0 Å². The van der Waals surface area contributed by atoms with Crippen LogP contribution in [0.2, 0.25) is 0 Å². The lowest BCUT2D eigenvalue weighted by Gasteiger charge is -2.17. The summed E-state index contributed by atoms with van der Waals surface area (Å²) in [6.07, 6.45) is 0. The Morgan fingerprint density at radius 3 is 2.46 bits per heavy atom. The van der Waals surface area contributed by atoms with Crippen molar-refractivity contribution in [3.05, 3.63) is 70.5 Å². The molecule has 2 aromatic carbocycles. The highest BCUT2D eigenvalue weighted by Gasteiger charge is 2.15. The average Bonchev–Trinajstić information content (AvgIpc) is 2.67. The number of likely N-dealkylation sites (N-methyl/N-ethyl adjacent to an activating group) is 1. The molecule has 0 saturated heterocycles. The summed E-state index contributed by atoms with van der Waals surface area (Å²) in [7, 11) is 1.49. The summed E-state index contributed by atoms with van der Waals surface area (Å²) in [5.41, 5.74) is 2.84. The third kappa shape index (κ3) is 5.90. The molecule has 0 fully saturated rings. The molecule has 0 bridgehead atoms. The molecule has 1 N–H and O–H groups in total. The molecule has 2 amide bonds. The number of nitrogens with zero attached hydrogens (tertiary/aromatic N) is 1. The second-order valence-corrected chi connectivity index (χ2v) is 6.48. The normalized spacial score (nSPS) is 10.3. The molecule has 0 aliphatic rings. The maximum atomic E-state index is 13.6. The fraction of sp³-hybridized carbons (Fsp3) is 0.286. The summed E-state index contributed by atoms with van der Waals surface area (Å²) < 4.78 is 18.5. The minimum atomic E-state index is -0.732. The Hall–Kier alpha value is -3.22.